The van der Waals surface area contributed by atoms with E-state index >= 15 is 0 Å². The molecule has 0 aliphatic carbocycles. The average molecular weight is 290 g/mol. The van der Waals surface area contributed by atoms with Gasteiger partial charge in [-0.05, 0) is 30.5 Å². The van der Waals surface area contributed by atoms with Gasteiger partial charge in [0.2, 0.25) is 0 Å². The summed E-state index contributed by atoms with van der Waals surface area (Å²) >= 11 is 0. The van der Waals surface area contributed by atoms with Crippen molar-refractivity contribution in [3.63, 3.8) is 0 Å². The molecule has 2 fully saturated rings. The minimum absolute atomic E-state index is 0.348. The van der Waals surface area contributed by atoms with Gasteiger partial charge in [-0.3, -0.25) is 9.80 Å². The number of hydrogen-bond donors (Lipinski definition) is 1. The van der Waals surface area contributed by atoms with Crippen LogP contribution in [-0.2, 0) is 4.74 Å². The van der Waals surface area contributed by atoms with Crippen LogP contribution in [0.3, 0.4) is 0 Å². The number of phenolic OH excluding ortho intramolecular Hbond substituents is 1. The third kappa shape index (κ3) is 3.39. The van der Waals surface area contributed by atoms with Crippen molar-refractivity contribution in [3.05, 3.63) is 29.8 Å². The Bertz CT molecular complexity index is 443. The van der Waals surface area contributed by atoms with Crippen molar-refractivity contribution in [2.75, 3.05) is 39.4 Å². The van der Waals surface area contributed by atoms with E-state index in [1.165, 1.54) is 18.5 Å². The van der Waals surface area contributed by atoms with Crippen LogP contribution in [0, 0.1) is 0 Å². The van der Waals surface area contributed by atoms with Gasteiger partial charge >= 0.3 is 0 Å². The quantitative estimate of drug-likeness (QED) is 0.922. The summed E-state index contributed by atoms with van der Waals surface area (Å²) in [7, 11) is 0. The van der Waals surface area contributed by atoms with Gasteiger partial charge in [0.25, 0.3) is 0 Å². The van der Waals surface area contributed by atoms with Crippen LogP contribution < -0.4 is 0 Å². The molecule has 0 spiro atoms. The molecular formula is C17H26N2O2. The first-order valence-corrected chi connectivity index (χ1v) is 8.12. The molecule has 0 radical (unpaired) electrons. The largest absolute Gasteiger partial charge is 0.508 e. The number of likely N-dealkylation sites (tertiary alicyclic amines) is 1. The van der Waals surface area contributed by atoms with Gasteiger partial charge in [-0.25, -0.2) is 0 Å². The van der Waals surface area contributed by atoms with Crippen molar-refractivity contribution < 1.29 is 9.84 Å². The molecule has 2 aliphatic rings. The molecule has 0 bridgehead atoms. The first-order valence-electron chi connectivity index (χ1n) is 8.12. The number of aromatic hydroxyl groups is 1. The Balaban J connectivity index is 1.64. The fourth-order valence-electron chi connectivity index (χ4n) is 3.69. The highest BCUT2D eigenvalue weighted by Gasteiger charge is 2.32. The van der Waals surface area contributed by atoms with Crippen LogP contribution in [0.4, 0.5) is 0 Å². The molecular weight excluding hydrogens is 264 g/mol. The summed E-state index contributed by atoms with van der Waals surface area (Å²) in [6.07, 6.45) is 2.37. The van der Waals surface area contributed by atoms with E-state index in [4.69, 9.17) is 4.74 Å². The molecule has 21 heavy (non-hydrogen) atoms. The molecule has 2 saturated heterocycles. The standard InChI is InChI=1S/C17H26N2O2/c1-2-17(14-3-5-16(20)6-4-14)19-8-7-15(13-19)18-9-11-21-12-10-18/h3-6,15,17,20H,2,7-13H2,1H3. The molecule has 2 atom stereocenters. The summed E-state index contributed by atoms with van der Waals surface area (Å²) in [6, 6.07) is 8.87. The van der Waals surface area contributed by atoms with Gasteiger partial charge in [0, 0.05) is 38.3 Å². The van der Waals surface area contributed by atoms with Crippen LogP contribution in [0.5, 0.6) is 5.75 Å². The molecule has 0 saturated carbocycles. The Labute approximate surface area is 127 Å². The third-order valence-electron chi connectivity index (χ3n) is 4.86. The second-order valence-corrected chi connectivity index (χ2v) is 6.10. The van der Waals surface area contributed by atoms with Crippen molar-refractivity contribution in [1.82, 2.24) is 9.80 Å². The van der Waals surface area contributed by atoms with Gasteiger partial charge in [-0.15, -0.1) is 0 Å². The Morgan fingerprint density at radius 2 is 1.90 bits per heavy atom. The van der Waals surface area contributed by atoms with Crippen molar-refractivity contribution >= 4 is 0 Å². The summed E-state index contributed by atoms with van der Waals surface area (Å²) in [6.45, 7) is 8.49. The fourth-order valence-corrected chi connectivity index (χ4v) is 3.69. The second kappa shape index (κ2) is 6.77. The number of morpholine rings is 1. The van der Waals surface area contributed by atoms with Crippen LogP contribution in [0.15, 0.2) is 24.3 Å². The van der Waals surface area contributed by atoms with Crippen LogP contribution in [-0.4, -0.2) is 60.3 Å². The first-order chi connectivity index (χ1) is 10.3. The van der Waals surface area contributed by atoms with Crippen molar-refractivity contribution in [1.29, 1.82) is 0 Å². The lowest BCUT2D eigenvalue weighted by Gasteiger charge is -2.33. The van der Waals surface area contributed by atoms with Gasteiger partial charge in [-0.1, -0.05) is 19.1 Å². The van der Waals surface area contributed by atoms with E-state index in [0.29, 0.717) is 17.8 Å². The minimum atomic E-state index is 0.348. The molecule has 2 unspecified atom stereocenters. The van der Waals surface area contributed by atoms with E-state index in [0.717, 1.165) is 39.3 Å². The number of benzene rings is 1. The summed E-state index contributed by atoms with van der Waals surface area (Å²) in [4.78, 5) is 5.19. The summed E-state index contributed by atoms with van der Waals surface area (Å²) in [5.41, 5.74) is 1.32. The monoisotopic (exact) mass is 290 g/mol. The lowest BCUT2D eigenvalue weighted by molar-refractivity contribution is 0.0175. The van der Waals surface area contributed by atoms with Crippen LogP contribution >= 0.6 is 0 Å². The number of phenols is 1. The smallest absolute Gasteiger partial charge is 0.115 e. The Kier molecular flexibility index (Phi) is 4.78. The van der Waals surface area contributed by atoms with E-state index in [-0.39, 0.29) is 0 Å². The van der Waals surface area contributed by atoms with Crippen molar-refractivity contribution in [3.8, 4) is 5.75 Å². The van der Waals surface area contributed by atoms with E-state index in [1.54, 1.807) is 12.1 Å². The highest BCUT2D eigenvalue weighted by Crippen LogP contribution is 2.30. The normalized spacial score (nSPS) is 26.0. The molecule has 4 nitrogen and oxygen atoms in total. The Hall–Kier alpha value is -1.10. The predicted octanol–water partition coefficient (Wildman–Crippen LogP) is 2.25. The molecule has 1 aromatic carbocycles. The van der Waals surface area contributed by atoms with E-state index < -0.39 is 0 Å². The van der Waals surface area contributed by atoms with E-state index in [9.17, 15) is 5.11 Å². The maximum Gasteiger partial charge on any atom is 0.115 e. The molecule has 3 rings (SSSR count). The van der Waals surface area contributed by atoms with Crippen LogP contribution in [0.1, 0.15) is 31.4 Å². The molecule has 4 heteroatoms. The Morgan fingerprint density at radius 1 is 1.19 bits per heavy atom. The van der Waals surface area contributed by atoms with Crippen molar-refractivity contribution in [2.45, 2.75) is 31.8 Å². The van der Waals surface area contributed by atoms with Gasteiger partial charge in [0.1, 0.15) is 5.75 Å². The maximum atomic E-state index is 9.46. The molecule has 0 aromatic heterocycles. The molecule has 0 amide bonds. The first kappa shape index (κ1) is 14.8. The van der Waals surface area contributed by atoms with Gasteiger partial charge < -0.3 is 9.84 Å². The van der Waals surface area contributed by atoms with E-state index in [2.05, 4.69) is 28.9 Å². The summed E-state index contributed by atoms with van der Waals surface area (Å²) in [5.74, 6) is 0.348. The number of hydrogen-bond acceptors (Lipinski definition) is 4. The SMILES string of the molecule is CCC(c1ccc(O)cc1)N1CCC(N2CCOCC2)C1. The lowest BCUT2D eigenvalue weighted by Crippen LogP contribution is -2.44. The zero-order valence-corrected chi connectivity index (χ0v) is 12.9. The maximum absolute atomic E-state index is 9.46. The average Bonchev–Trinajstić information content (AvgIpc) is 3.00. The van der Waals surface area contributed by atoms with Gasteiger partial charge in [-0.2, -0.15) is 0 Å². The van der Waals surface area contributed by atoms with E-state index in [1.807, 2.05) is 0 Å². The molecule has 2 aliphatic heterocycles. The fraction of sp³-hybridized carbons (Fsp3) is 0.647. The predicted molar refractivity (Wildman–Crippen MR) is 83.5 cm³/mol. The van der Waals surface area contributed by atoms with Gasteiger partial charge in [0.15, 0.2) is 0 Å². The molecule has 2 heterocycles. The summed E-state index contributed by atoms with van der Waals surface area (Å²) in [5, 5.41) is 9.46. The second-order valence-electron chi connectivity index (χ2n) is 6.10. The Morgan fingerprint density at radius 3 is 2.57 bits per heavy atom. The van der Waals surface area contributed by atoms with Crippen LogP contribution in [0.2, 0.25) is 0 Å². The lowest BCUT2D eigenvalue weighted by atomic mass is 10.0. The topological polar surface area (TPSA) is 35.9 Å². The number of rotatable bonds is 4. The zero-order chi connectivity index (χ0) is 14.7. The zero-order valence-electron chi connectivity index (χ0n) is 12.9. The highest BCUT2D eigenvalue weighted by atomic mass is 16.5. The van der Waals surface area contributed by atoms with Crippen LogP contribution in [0.25, 0.3) is 0 Å². The number of nitrogens with zero attached hydrogens (tertiary/aromatic N) is 2. The van der Waals surface area contributed by atoms with Gasteiger partial charge in [0.05, 0.1) is 13.2 Å². The minimum Gasteiger partial charge on any atom is -0.508 e. The third-order valence-corrected chi connectivity index (χ3v) is 4.86. The molecule has 116 valence electrons. The summed E-state index contributed by atoms with van der Waals surface area (Å²) < 4.78 is 5.46. The molecule has 1 N–H and O–H groups in total. The number of ether oxygens (including phenoxy) is 1. The van der Waals surface area contributed by atoms with Crippen molar-refractivity contribution in [2.24, 2.45) is 0 Å². The molecule has 1 aromatic rings. The highest BCUT2D eigenvalue weighted by molar-refractivity contribution is 5.28.